The molecule has 6 nitrogen and oxygen atoms in total. The maximum atomic E-state index is 12.8. The van der Waals surface area contributed by atoms with Gasteiger partial charge in [-0.3, -0.25) is 4.79 Å². The van der Waals surface area contributed by atoms with Gasteiger partial charge in [0.25, 0.3) is 5.91 Å². The van der Waals surface area contributed by atoms with Crippen molar-refractivity contribution >= 4 is 17.2 Å². The van der Waals surface area contributed by atoms with Crippen LogP contribution in [0, 0.1) is 13.8 Å². The van der Waals surface area contributed by atoms with Crippen molar-refractivity contribution < 1.29 is 4.79 Å². The first-order valence-electron chi connectivity index (χ1n) is 8.53. The number of fused-ring (bicyclic) bond motifs is 1. The number of carbonyl (C=O) groups is 1. The number of aromatic nitrogens is 3. The molecule has 128 valence electrons. The zero-order valence-electron chi connectivity index (χ0n) is 14.5. The van der Waals surface area contributed by atoms with Crippen LogP contribution in [0.5, 0.6) is 0 Å². The highest BCUT2D eigenvalue weighted by Gasteiger charge is 2.23. The molecule has 3 aromatic rings. The third-order valence-corrected chi connectivity index (χ3v) is 5.01. The van der Waals surface area contributed by atoms with Crippen LogP contribution in [-0.4, -0.2) is 51.6 Å². The maximum absolute atomic E-state index is 12.8. The topological polar surface area (TPSA) is 53.7 Å². The minimum atomic E-state index is 0.0612. The van der Waals surface area contributed by atoms with Crippen LogP contribution in [0.15, 0.2) is 42.9 Å². The normalized spacial score (nSPS) is 15.0. The lowest BCUT2D eigenvalue weighted by molar-refractivity contribution is 0.0746. The van der Waals surface area contributed by atoms with E-state index >= 15 is 0 Å². The molecule has 0 radical (unpaired) electrons. The highest BCUT2D eigenvalue weighted by atomic mass is 16.2. The smallest absolute Gasteiger partial charge is 0.254 e. The van der Waals surface area contributed by atoms with E-state index in [0.29, 0.717) is 11.2 Å². The fourth-order valence-corrected chi connectivity index (χ4v) is 3.36. The Balaban J connectivity index is 1.47. The van der Waals surface area contributed by atoms with Gasteiger partial charge in [0.1, 0.15) is 6.33 Å². The van der Waals surface area contributed by atoms with Crippen LogP contribution >= 0.6 is 0 Å². The molecule has 6 heteroatoms. The maximum Gasteiger partial charge on any atom is 0.254 e. The lowest BCUT2D eigenvalue weighted by Gasteiger charge is -2.37. The molecule has 1 saturated heterocycles. The Bertz CT molecular complexity index is 924. The zero-order chi connectivity index (χ0) is 17.4. The third-order valence-electron chi connectivity index (χ3n) is 5.01. The number of hydrogen-bond acceptors (Lipinski definition) is 4. The molecule has 0 spiro atoms. The minimum absolute atomic E-state index is 0.0612. The zero-order valence-corrected chi connectivity index (χ0v) is 14.5. The first kappa shape index (κ1) is 15.6. The molecule has 1 aliphatic heterocycles. The van der Waals surface area contributed by atoms with Crippen LogP contribution in [0.3, 0.4) is 0 Å². The average Bonchev–Trinajstić information content (AvgIpc) is 3.11. The van der Waals surface area contributed by atoms with Crippen molar-refractivity contribution in [3.05, 3.63) is 59.5 Å². The van der Waals surface area contributed by atoms with Gasteiger partial charge in [-0.2, -0.15) is 5.10 Å². The van der Waals surface area contributed by atoms with Crippen LogP contribution in [0.2, 0.25) is 0 Å². The van der Waals surface area contributed by atoms with E-state index in [-0.39, 0.29) is 5.91 Å². The van der Waals surface area contributed by atoms with Crippen LogP contribution in [-0.2, 0) is 0 Å². The first-order valence-corrected chi connectivity index (χ1v) is 8.53. The number of benzene rings is 1. The van der Waals surface area contributed by atoms with Gasteiger partial charge in [-0.15, -0.1) is 0 Å². The summed E-state index contributed by atoms with van der Waals surface area (Å²) < 4.78 is 1.66. The molecule has 1 amide bonds. The second kappa shape index (κ2) is 6.20. The first-order chi connectivity index (χ1) is 12.1. The van der Waals surface area contributed by atoms with E-state index in [2.05, 4.69) is 47.0 Å². The van der Waals surface area contributed by atoms with Crippen molar-refractivity contribution in [3.63, 3.8) is 0 Å². The van der Waals surface area contributed by atoms with E-state index in [0.717, 1.165) is 26.2 Å². The Kier molecular flexibility index (Phi) is 3.87. The highest BCUT2D eigenvalue weighted by Crippen LogP contribution is 2.24. The fraction of sp³-hybridized carbons (Fsp3) is 0.316. The van der Waals surface area contributed by atoms with Crippen LogP contribution < -0.4 is 4.90 Å². The Morgan fingerprint density at radius 3 is 2.68 bits per heavy atom. The molecular formula is C19H21N5O. The van der Waals surface area contributed by atoms with E-state index in [1.807, 2.05) is 4.90 Å². The predicted molar refractivity (Wildman–Crippen MR) is 97.0 cm³/mol. The van der Waals surface area contributed by atoms with Crippen molar-refractivity contribution in [2.24, 2.45) is 0 Å². The van der Waals surface area contributed by atoms with Gasteiger partial charge in [0.05, 0.1) is 0 Å². The summed E-state index contributed by atoms with van der Waals surface area (Å²) in [7, 11) is 0. The molecule has 3 heterocycles. The Morgan fingerprint density at radius 2 is 1.88 bits per heavy atom. The molecule has 0 aliphatic carbocycles. The standard InChI is InChI=1S/C19H21N5O/c1-14-4-3-5-17(15(14)2)22-8-10-23(11-9-22)19(25)16-6-7-24-18(12-16)20-13-21-24/h3-7,12-13H,8-11H2,1-2H3. The molecule has 4 rings (SSSR count). The molecule has 25 heavy (non-hydrogen) atoms. The number of amides is 1. The quantitative estimate of drug-likeness (QED) is 0.721. The van der Waals surface area contributed by atoms with Gasteiger partial charge in [0, 0.05) is 43.6 Å². The van der Waals surface area contributed by atoms with E-state index in [1.54, 1.807) is 22.8 Å². The molecule has 0 saturated carbocycles. The van der Waals surface area contributed by atoms with Gasteiger partial charge in [-0.25, -0.2) is 9.50 Å². The predicted octanol–water partition coefficient (Wildman–Crippen LogP) is 2.31. The van der Waals surface area contributed by atoms with Gasteiger partial charge in [-0.05, 0) is 43.2 Å². The summed E-state index contributed by atoms with van der Waals surface area (Å²) >= 11 is 0. The van der Waals surface area contributed by atoms with Gasteiger partial charge < -0.3 is 9.80 Å². The average molecular weight is 335 g/mol. The molecular weight excluding hydrogens is 314 g/mol. The molecule has 1 fully saturated rings. The number of nitrogens with zero attached hydrogens (tertiary/aromatic N) is 5. The number of piperazine rings is 1. The monoisotopic (exact) mass is 335 g/mol. The molecule has 0 bridgehead atoms. The summed E-state index contributed by atoms with van der Waals surface area (Å²) in [5, 5.41) is 4.06. The summed E-state index contributed by atoms with van der Waals surface area (Å²) in [5.41, 5.74) is 5.26. The lowest BCUT2D eigenvalue weighted by atomic mass is 10.1. The summed E-state index contributed by atoms with van der Waals surface area (Å²) in [4.78, 5) is 21.2. The van der Waals surface area contributed by atoms with Crippen molar-refractivity contribution in [2.75, 3.05) is 31.1 Å². The molecule has 0 atom stereocenters. The van der Waals surface area contributed by atoms with Crippen molar-refractivity contribution in [3.8, 4) is 0 Å². The van der Waals surface area contributed by atoms with Crippen molar-refractivity contribution in [1.29, 1.82) is 0 Å². The summed E-state index contributed by atoms with van der Waals surface area (Å²) in [6.45, 7) is 7.45. The molecule has 2 aromatic heterocycles. The van der Waals surface area contributed by atoms with E-state index in [9.17, 15) is 4.79 Å². The van der Waals surface area contributed by atoms with Crippen molar-refractivity contribution in [2.45, 2.75) is 13.8 Å². The second-order valence-electron chi connectivity index (χ2n) is 6.48. The molecule has 1 aromatic carbocycles. The number of anilines is 1. The Hall–Kier alpha value is -2.89. The van der Waals surface area contributed by atoms with Crippen LogP contribution in [0.25, 0.3) is 5.65 Å². The lowest BCUT2D eigenvalue weighted by Crippen LogP contribution is -2.49. The Labute approximate surface area is 146 Å². The number of carbonyl (C=O) groups excluding carboxylic acids is 1. The molecule has 0 unspecified atom stereocenters. The fourth-order valence-electron chi connectivity index (χ4n) is 3.36. The highest BCUT2D eigenvalue weighted by molar-refractivity contribution is 5.95. The SMILES string of the molecule is Cc1cccc(N2CCN(C(=O)c3ccn4ncnc4c3)CC2)c1C. The van der Waals surface area contributed by atoms with Crippen molar-refractivity contribution in [1.82, 2.24) is 19.5 Å². The minimum Gasteiger partial charge on any atom is -0.368 e. The number of aryl methyl sites for hydroxylation is 1. The number of hydrogen-bond donors (Lipinski definition) is 0. The summed E-state index contributed by atoms with van der Waals surface area (Å²) in [6, 6.07) is 10.0. The number of rotatable bonds is 2. The van der Waals surface area contributed by atoms with Gasteiger partial charge in [-0.1, -0.05) is 12.1 Å². The van der Waals surface area contributed by atoms with Gasteiger partial charge in [0.15, 0.2) is 5.65 Å². The van der Waals surface area contributed by atoms with Gasteiger partial charge >= 0.3 is 0 Å². The van der Waals surface area contributed by atoms with E-state index in [1.165, 1.54) is 23.1 Å². The Morgan fingerprint density at radius 1 is 1.08 bits per heavy atom. The largest absolute Gasteiger partial charge is 0.368 e. The van der Waals surface area contributed by atoms with E-state index < -0.39 is 0 Å². The van der Waals surface area contributed by atoms with E-state index in [4.69, 9.17) is 0 Å². The summed E-state index contributed by atoms with van der Waals surface area (Å²) in [5.74, 6) is 0.0612. The number of pyridine rings is 1. The third kappa shape index (κ3) is 2.84. The molecule has 1 aliphatic rings. The van der Waals surface area contributed by atoms with Crippen LogP contribution in [0.1, 0.15) is 21.5 Å². The van der Waals surface area contributed by atoms with Gasteiger partial charge in [0.2, 0.25) is 0 Å². The second-order valence-corrected chi connectivity index (χ2v) is 6.48. The summed E-state index contributed by atoms with van der Waals surface area (Å²) in [6.07, 6.45) is 3.27. The molecule has 0 N–H and O–H groups in total. The van der Waals surface area contributed by atoms with Crippen LogP contribution in [0.4, 0.5) is 5.69 Å².